The number of allylic oxidation sites excluding steroid dienone is 3. The number of carbonyl (C=O) groups is 1. The average Bonchev–Trinajstić information content (AvgIpc) is 2.88. The quantitative estimate of drug-likeness (QED) is 0.288. The number of oxime groups is 1. The highest BCUT2D eigenvalue weighted by atomic mass is 16.6. The topological polar surface area (TPSA) is 97.6 Å². The summed E-state index contributed by atoms with van der Waals surface area (Å²) in [5.41, 5.74) is 2.50. The molecule has 0 aliphatic carbocycles. The van der Waals surface area contributed by atoms with E-state index < -0.39 is 12.1 Å². The summed E-state index contributed by atoms with van der Waals surface area (Å²) in [7, 11) is 0. The van der Waals surface area contributed by atoms with Crippen LogP contribution in [-0.2, 0) is 27.3 Å². The fourth-order valence-electron chi connectivity index (χ4n) is 4.64. The van der Waals surface area contributed by atoms with Crippen molar-refractivity contribution in [2.45, 2.75) is 70.7 Å². The lowest BCUT2D eigenvalue weighted by Gasteiger charge is -2.27. The molecule has 2 aromatic carbocycles. The lowest BCUT2D eigenvalue weighted by atomic mass is 9.88. The van der Waals surface area contributed by atoms with E-state index in [4.69, 9.17) is 14.3 Å². The summed E-state index contributed by atoms with van der Waals surface area (Å²) in [6, 6.07) is 10.9. The molecule has 196 valence electrons. The van der Waals surface area contributed by atoms with Crippen LogP contribution in [0, 0.1) is 0 Å². The van der Waals surface area contributed by atoms with Crippen molar-refractivity contribution < 1.29 is 29.3 Å². The van der Waals surface area contributed by atoms with E-state index >= 15 is 0 Å². The van der Waals surface area contributed by atoms with Crippen LogP contribution in [0.5, 0.6) is 11.5 Å². The molecular formula is C30H35NO6. The van der Waals surface area contributed by atoms with Gasteiger partial charge in [-0.15, -0.1) is 0 Å². The van der Waals surface area contributed by atoms with Gasteiger partial charge in [0.1, 0.15) is 29.8 Å². The van der Waals surface area contributed by atoms with Crippen LogP contribution < -0.4 is 0 Å². The van der Waals surface area contributed by atoms with Gasteiger partial charge < -0.3 is 24.5 Å². The van der Waals surface area contributed by atoms with Crippen LogP contribution in [0.2, 0.25) is 0 Å². The third-order valence-corrected chi connectivity index (χ3v) is 6.51. The van der Waals surface area contributed by atoms with Crippen LogP contribution >= 0.6 is 0 Å². The van der Waals surface area contributed by atoms with Crippen LogP contribution in [-0.4, -0.2) is 34.6 Å². The van der Waals surface area contributed by atoms with Crippen LogP contribution in [0.1, 0.15) is 78.6 Å². The second-order valence-corrected chi connectivity index (χ2v) is 9.46. The highest BCUT2D eigenvalue weighted by Crippen LogP contribution is 2.41. The number of cyclic esters (lactones) is 1. The Morgan fingerprint density at radius 2 is 1.86 bits per heavy atom. The van der Waals surface area contributed by atoms with Gasteiger partial charge in [0.2, 0.25) is 0 Å². The molecule has 4 rings (SSSR count). The SMILES string of the molecule is C[C@@H]1C/C=C/CC/C=C/C(=NOCc2ccccc2)Cc2c(c(O)cc(O)c2C2CCCCO2)C(=O)O1. The van der Waals surface area contributed by atoms with Crippen LogP contribution in [0.25, 0.3) is 0 Å². The van der Waals surface area contributed by atoms with Crippen molar-refractivity contribution in [1.82, 2.24) is 0 Å². The van der Waals surface area contributed by atoms with Gasteiger partial charge in [-0.1, -0.05) is 53.7 Å². The summed E-state index contributed by atoms with van der Waals surface area (Å²) in [6.07, 6.45) is 12.1. The van der Waals surface area contributed by atoms with Crippen molar-refractivity contribution in [2.75, 3.05) is 6.61 Å². The number of aromatic hydroxyl groups is 2. The van der Waals surface area contributed by atoms with Crippen LogP contribution in [0.4, 0.5) is 0 Å². The zero-order chi connectivity index (χ0) is 26.0. The standard InChI is InChI=1S/C30H35NO6/c1-21-12-6-3-2-4-9-15-23(31-36-20-22-13-7-5-8-14-22)18-24-28(27-16-10-11-17-35-27)25(32)19-26(33)29(24)30(34)37-21/h3,5-9,13-15,19,21,27,32-33H,2,4,10-12,16-18,20H2,1H3/b6-3+,15-9+,31-23?/t21-,27?/m1/s1. The third-order valence-electron chi connectivity index (χ3n) is 6.51. The average molecular weight is 506 g/mol. The van der Waals surface area contributed by atoms with Crippen LogP contribution in [0.3, 0.4) is 0 Å². The molecule has 7 nitrogen and oxygen atoms in total. The monoisotopic (exact) mass is 505 g/mol. The number of nitrogens with zero attached hydrogens (tertiary/aromatic N) is 1. The normalized spacial score (nSPS) is 23.9. The number of ether oxygens (including phenoxy) is 2. The molecule has 0 aromatic heterocycles. The maximum atomic E-state index is 13.3. The van der Waals surface area contributed by atoms with Crippen molar-refractivity contribution in [3.05, 3.63) is 83.0 Å². The van der Waals surface area contributed by atoms with Gasteiger partial charge >= 0.3 is 5.97 Å². The first kappa shape index (κ1) is 26.5. The molecule has 37 heavy (non-hydrogen) atoms. The zero-order valence-electron chi connectivity index (χ0n) is 21.3. The van der Waals surface area contributed by atoms with Gasteiger partial charge in [0.25, 0.3) is 0 Å². The zero-order valence-corrected chi connectivity index (χ0v) is 21.3. The van der Waals surface area contributed by atoms with Crippen molar-refractivity contribution in [1.29, 1.82) is 0 Å². The molecule has 1 saturated heterocycles. The molecule has 0 spiro atoms. The van der Waals surface area contributed by atoms with Crippen molar-refractivity contribution in [3.8, 4) is 11.5 Å². The number of esters is 1. The van der Waals surface area contributed by atoms with E-state index in [9.17, 15) is 15.0 Å². The fraction of sp³-hybridized carbons (Fsp3) is 0.400. The minimum atomic E-state index is -0.643. The first-order valence-electron chi connectivity index (χ1n) is 13.0. The first-order valence-corrected chi connectivity index (χ1v) is 13.0. The number of hydrogen-bond donors (Lipinski definition) is 2. The van der Waals surface area contributed by atoms with Gasteiger partial charge in [0.15, 0.2) is 0 Å². The number of benzene rings is 2. The Balaban J connectivity index is 1.76. The Labute approximate surface area is 218 Å². The van der Waals surface area contributed by atoms with E-state index in [0.29, 0.717) is 36.3 Å². The molecule has 0 bridgehead atoms. The van der Waals surface area contributed by atoms with Gasteiger partial charge in [-0.25, -0.2) is 4.79 Å². The van der Waals surface area contributed by atoms with E-state index in [-0.39, 0.29) is 36.2 Å². The molecule has 2 atom stereocenters. The Kier molecular flexibility index (Phi) is 9.38. The van der Waals surface area contributed by atoms with Gasteiger partial charge in [-0.05, 0) is 56.2 Å². The second-order valence-electron chi connectivity index (χ2n) is 9.46. The fourth-order valence-corrected chi connectivity index (χ4v) is 4.64. The predicted octanol–water partition coefficient (Wildman–Crippen LogP) is 6.30. The highest BCUT2D eigenvalue weighted by molar-refractivity contribution is 6.01. The lowest BCUT2D eigenvalue weighted by molar-refractivity contribution is 0.0129. The Morgan fingerprint density at radius 3 is 2.65 bits per heavy atom. The van der Waals surface area contributed by atoms with Crippen molar-refractivity contribution in [2.24, 2.45) is 5.16 Å². The largest absolute Gasteiger partial charge is 0.507 e. The number of rotatable bonds is 4. The molecule has 0 saturated carbocycles. The Hall–Kier alpha value is -3.58. The van der Waals surface area contributed by atoms with Crippen molar-refractivity contribution >= 4 is 11.7 Å². The van der Waals surface area contributed by atoms with Gasteiger partial charge in [0.05, 0.1) is 11.8 Å². The number of phenols is 2. The molecule has 2 aromatic rings. The molecule has 2 N–H and O–H groups in total. The van der Waals surface area contributed by atoms with Gasteiger partial charge in [0, 0.05) is 31.1 Å². The van der Waals surface area contributed by atoms with Gasteiger partial charge in [-0.2, -0.15) is 0 Å². The van der Waals surface area contributed by atoms with E-state index in [1.807, 2.05) is 55.5 Å². The Bertz CT molecular complexity index is 1150. The second kappa shape index (κ2) is 13.1. The number of fused-ring (bicyclic) bond motifs is 1. The summed E-state index contributed by atoms with van der Waals surface area (Å²) >= 11 is 0. The summed E-state index contributed by atoms with van der Waals surface area (Å²) in [5, 5.41) is 26.1. The maximum absolute atomic E-state index is 13.3. The summed E-state index contributed by atoms with van der Waals surface area (Å²) in [4.78, 5) is 19.0. The number of hydrogen-bond acceptors (Lipinski definition) is 7. The third kappa shape index (κ3) is 7.23. The molecule has 2 aliphatic rings. The number of phenolic OH excluding ortho intramolecular Hbond substituents is 2. The molecule has 2 heterocycles. The smallest absolute Gasteiger partial charge is 0.342 e. The lowest BCUT2D eigenvalue weighted by Crippen LogP contribution is -2.21. The minimum absolute atomic E-state index is 0.0269. The summed E-state index contributed by atoms with van der Waals surface area (Å²) in [5.74, 6) is -1.09. The van der Waals surface area contributed by atoms with E-state index in [0.717, 1.165) is 31.2 Å². The molecule has 7 heteroatoms. The van der Waals surface area contributed by atoms with E-state index in [1.54, 1.807) is 0 Å². The molecule has 1 unspecified atom stereocenters. The summed E-state index contributed by atoms with van der Waals surface area (Å²) < 4.78 is 11.7. The molecular weight excluding hydrogens is 470 g/mol. The van der Waals surface area contributed by atoms with Gasteiger partial charge in [-0.3, -0.25) is 0 Å². The highest BCUT2D eigenvalue weighted by Gasteiger charge is 2.31. The molecule has 0 radical (unpaired) electrons. The van der Waals surface area contributed by atoms with Crippen LogP contribution in [0.15, 0.2) is 65.9 Å². The van der Waals surface area contributed by atoms with E-state index in [1.165, 1.54) is 6.07 Å². The minimum Gasteiger partial charge on any atom is -0.507 e. The Morgan fingerprint density at radius 1 is 1.05 bits per heavy atom. The predicted molar refractivity (Wildman–Crippen MR) is 142 cm³/mol. The molecule has 2 aliphatic heterocycles. The first-order chi connectivity index (χ1) is 18.0. The van der Waals surface area contributed by atoms with Crippen molar-refractivity contribution in [3.63, 3.8) is 0 Å². The number of carbonyl (C=O) groups excluding carboxylic acids is 1. The maximum Gasteiger partial charge on any atom is 0.342 e. The van der Waals surface area contributed by atoms with E-state index in [2.05, 4.69) is 11.2 Å². The molecule has 0 amide bonds. The summed E-state index contributed by atoms with van der Waals surface area (Å²) in [6.45, 7) is 2.67. The molecule has 1 fully saturated rings.